The molecule has 11 heavy (non-hydrogen) atoms. The van der Waals surface area contributed by atoms with Crippen LogP contribution in [0.3, 0.4) is 0 Å². The first-order valence-electron chi connectivity index (χ1n) is 2.56. The van der Waals surface area contributed by atoms with Crippen LogP contribution >= 0.6 is 76.3 Å². The second-order valence-electron chi connectivity index (χ2n) is 1.82. The van der Waals surface area contributed by atoms with Crippen molar-refractivity contribution in [1.82, 2.24) is 0 Å². The molecule has 1 aromatic rings. The van der Waals surface area contributed by atoms with Crippen molar-refractivity contribution >= 4 is 76.3 Å². The fraction of sp³-hybridized carbons (Fsp3) is 0. The Morgan fingerprint density at radius 1 is 0.909 bits per heavy atom. The molecule has 1 aromatic carbocycles. The molecule has 0 bridgehead atoms. The molecule has 0 aliphatic heterocycles. The van der Waals surface area contributed by atoms with E-state index in [1.807, 2.05) is 6.07 Å². The average molecular weight is 426 g/mol. The SMILES string of the molecule is Sc1cc(Br)c(Br)c(Br)c1Br. The van der Waals surface area contributed by atoms with Crippen molar-refractivity contribution in [3.05, 3.63) is 24.0 Å². The van der Waals surface area contributed by atoms with Crippen molar-refractivity contribution in [2.45, 2.75) is 4.90 Å². The lowest BCUT2D eigenvalue weighted by Gasteiger charge is -2.04. The van der Waals surface area contributed by atoms with Gasteiger partial charge < -0.3 is 0 Å². The fourth-order valence-electron chi connectivity index (χ4n) is 0.560. The molecule has 0 fully saturated rings. The third-order valence-electron chi connectivity index (χ3n) is 1.08. The number of halogens is 4. The van der Waals surface area contributed by atoms with E-state index in [0.717, 1.165) is 22.8 Å². The Morgan fingerprint density at radius 3 is 2.00 bits per heavy atom. The summed E-state index contributed by atoms with van der Waals surface area (Å²) >= 11 is 17.8. The van der Waals surface area contributed by atoms with Gasteiger partial charge in [-0.05, 0) is 69.8 Å². The van der Waals surface area contributed by atoms with Crippen molar-refractivity contribution in [2.75, 3.05) is 0 Å². The van der Waals surface area contributed by atoms with E-state index < -0.39 is 0 Å². The van der Waals surface area contributed by atoms with Crippen LogP contribution in [0.15, 0.2) is 28.9 Å². The number of benzene rings is 1. The molecule has 0 saturated heterocycles. The highest BCUT2D eigenvalue weighted by Crippen LogP contribution is 2.40. The normalized spacial score (nSPS) is 10.3. The molecular weight excluding hydrogens is 424 g/mol. The molecule has 0 N–H and O–H groups in total. The third-order valence-corrected chi connectivity index (χ3v) is 6.40. The molecule has 1 rings (SSSR count). The summed E-state index contributed by atoms with van der Waals surface area (Å²) in [4.78, 5) is 0.895. The number of thiol groups is 1. The Labute approximate surface area is 104 Å². The molecule has 0 aromatic heterocycles. The topological polar surface area (TPSA) is 0 Å². The smallest absolute Gasteiger partial charge is 0.0482 e. The molecule has 0 nitrogen and oxygen atoms in total. The predicted octanol–water partition coefficient (Wildman–Crippen LogP) is 5.03. The van der Waals surface area contributed by atoms with Gasteiger partial charge in [0.25, 0.3) is 0 Å². The fourth-order valence-corrected chi connectivity index (χ4v) is 3.14. The molecule has 0 aliphatic rings. The molecule has 0 spiro atoms. The van der Waals surface area contributed by atoms with Gasteiger partial charge in [-0.25, -0.2) is 0 Å². The zero-order valence-corrected chi connectivity index (χ0v) is 12.3. The van der Waals surface area contributed by atoms with Gasteiger partial charge in [0.1, 0.15) is 0 Å². The number of hydrogen-bond donors (Lipinski definition) is 1. The summed E-state index contributed by atoms with van der Waals surface area (Å²) in [5.41, 5.74) is 0. The van der Waals surface area contributed by atoms with Crippen molar-refractivity contribution < 1.29 is 0 Å². The first-order chi connectivity index (χ1) is 5.04. The molecule has 0 amide bonds. The van der Waals surface area contributed by atoms with Gasteiger partial charge in [-0.3, -0.25) is 0 Å². The highest BCUT2D eigenvalue weighted by atomic mass is 79.9. The Morgan fingerprint density at radius 2 is 1.45 bits per heavy atom. The highest BCUT2D eigenvalue weighted by Gasteiger charge is 2.08. The second kappa shape index (κ2) is 4.13. The van der Waals surface area contributed by atoms with E-state index >= 15 is 0 Å². The Hall–Kier alpha value is 1.49. The predicted molar refractivity (Wildman–Crippen MR) is 64.5 cm³/mol. The van der Waals surface area contributed by atoms with Crippen molar-refractivity contribution in [1.29, 1.82) is 0 Å². The molecule has 0 radical (unpaired) electrons. The Kier molecular flexibility index (Phi) is 3.97. The lowest BCUT2D eigenvalue weighted by atomic mass is 10.4. The summed E-state index contributed by atoms with van der Waals surface area (Å²) in [6.45, 7) is 0. The van der Waals surface area contributed by atoms with Crippen LogP contribution in [0.4, 0.5) is 0 Å². The second-order valence-corrected chi connectivity index (χ2v) is 5.53. The highest BCUT2D eigenvalue weighted by molar-refractivity contribution is 9.15. The molecule has 0 aliphatic carbocycles. The number of rotatable bonds is 0. The van der Waals surface area contributed by atoms with Gasteiger partial charge in [-0.15, -0.1) is 12.6 Å². The summed E-state index contributed by atoms with van der Waals surface area (Å²) in [6.07, 6.45) is 0. The molecule has 5 heteroatoms. The van der Waals surface area contributed by atoms with E-state index in [9.17, 15) is 0 Å². The van der Waals surface area contributed by atoms with Gasteiger partial charge in [0, 0.05) is 22.8 Å². The first kappa shape index (κ1) is 10.6. The molecular formula is C6H2Br4S. The van der Waals surface area contributed by atoms with Gasteiger partial charge in [-0.1, -0.05) is 0 Å². The van der Waals surface area contributed by atoms with Gasteiger partial charge in [-0.2, -0.15) is 0 Å². The van der Waals surface area contributed by atoms with Gasteiger partial charge in [0.2, 0.25) is 0 Å². The van der Waals surface area contributed by atoms with Crippen LogP contribution in [-0.4, -0.2) is 0 Å². The van der Waals surface area contributed by atoms with E-state index in [1.54, 1.807) is 0 Å². The van der Waals surface area contributed by atoms with Crippen LogP contribution in [0.5, 0.6) is 0 Å². The summed E-state index contributed by atoms with van der Waals surface area (Å²) in [5, 5.41) is 0. The van der Waals surface area contributed by atoms with Crippen LogP contribution in [0.25, 0.3) is 0 Å². The van der Waals surface area contributed by atoms with Crippen LogP contribution in [0.1, 0.15) is 0 Å². The lowest BCUT2D eigenvalue weighted by Crippen LogP contribution is -1.77. The monoisotopic (exact) mass is 422 g/mol. The van der Waals surface area contributed by atoms with E-state index in [2.05, 4.69) is 76.3 Å². The van der Waals surface area contributed by atoms with Gasteiger partial charge >= 0.3 is 0 Å². The maximum atomic E-state index is 4.26. The maximum Gasteiger partial charge on any atom is 0.0482 e. The van der Waals surface area contributed by atoms with Crippen LogP contribution < -0.4 is 0 Å². The minimum atomic E-state index is 0.895. The maximum absolute atomic E-state index is 4.26. The van der Waals surface area contributed by atoms with Gasteiger partial charge in [0.15, 0.2) is 0 Å². The summed E-state index contributed by atoms with van der Waals surface area (Å²) in [5.74, 6) is 0. The Balaban J connectivity index is 3.46. The first-order valence-corrected chi connectivity index (χ1v) is 6.18. The summed E-state index contributed by atoms with van der Waals surface area (Å²) in [7, 11) is 0. The summed E-state index contributed by atoms with van der Waals surface area (Å²) < 4.78 is 3.90. The van der Waals surface area contributed by atoms with Crippen molar-refractivity contribution in [3.8, 4) is 0 Å². The van der Waals surface area contributed by atoms with E-state index in [0.29, 0.717) is 0 Å². The van der Waals surface area contributed by atoms with Gasteiger partial charge in [0.05, 0.1) is 0 Å². The van der Waals surface area contributed by atoms with Crippen LogP contribution in [0.2, 0.25) is 0 Å². The zero-order valence-electron chi connectivity index (χ0n) is 5.04. The molecule has 0 unspecified atom stereocenters. The lowest BCUT2D eigenvalue weighted by molar-refractivity contribution is 1.34. The zero-order chi connectivity index (χ0) is 8.59. The van der Waals surface area contributed by atoms with E-state index in [4.69, 9.17) is 0 Å². The molecule has 0 atom stereocenters. The van der Waals surface area contributed by atoms with Crippen molar-refractivity contribution in [2.24, 2.45) is 0 Å². The number of hydrogen-bond acceptors (Lipinski definition) is 1. The molecule has 60 valence electrons. The van der Waals surface area contributed by atoms with Crippen LogP contribution in [0, 0.1) is 0 Å². The minimum Gasteiger partial charge on any atom is -0.142 e. The third kappa shape index (κ3) is 2.24. The minimum absolute atomic E-state index is 0.895. The van der Waals surface area contributed by atoms with Crippen molar-refractivity contribution in [3.63, 3.8) is 0 Å². The summed E-state index contributed by atoms with van der Waals surface area (Å²) in [6, 6.07) is 1.92. The largest absolute Gasteiger partial charge is 0.142 e. The van der Waals surface area contributed by atoms with E-state index in [1.165, 1.54) is 0 Å². The quantitative estimate of drug-likeness (QED) is 0.336. The van der Waals surface area contributed by atoms with Crippen LogP contribution in [-0.2, 0) is 0 Å². The molecule has 0 saturated carbocycles. The molecule has 0 heterocycles. The van der Waals surface area contributed by atoms with E-state index in [-0.39, 0.29) is 0 Å². The Bertz CT molecular complexity index is 271. The average Bonchev–Trinajstić information content (AvgIpc) is 1.97. The standard InChI is InChI=1S/C6H2Br4S/c7-2-1-3(11)5(9)6(10)4(2)8/h1,11H.